The number of amides is 2. The standard InChI is InChI=1S/C18H20N2O5S/c1-20(17(22)15-4-3-9-26-15)11-16(21)19-8-7-12-5-6-13(18(23)24)10-14(12)25-2/h3-6,9-10H,7-8,11H2,1-2H3,(H,19,21)(H,23,24). The molecule has 0 bridgehead atoms. The van der Waals surface area contributed by atoms with Crippen LogP contribution in [0.5, 0.6) is 5.75 Å². The molecule has 0 aliphatic carbocycles. The number of carboxylic acid groups (broad SMARTS) is 1. The van der Waals surface area contributed by atoms with Crippen molar-refractivity contribution in [2.75, 3.05) is 27.2 Å². The Morgan fingerprint density at radius 2 is 2.04 bits per heavy atom. The summed E-state index contributed by atoms with van der Waals surface area (Å²) in [5, 5.41) is 13.6. The van der Waals surface area contributed by atoms with E-state index in [0.717, 1.165) is 5.56 Å². The predicted octanol–water partition coefficient (Wildman–Crippen LogP) is 1.89. The van der Waals surface area contributed by atoms with Gasteiger partial charge in [0.2, 0.25) is 5.91 Å². The Morgan fingerprint density at radius 3 is 2.65 bits per heavy atom. The van der Waals surface area contributed by atoms with Crippen LogP contribution >= 0.6 is 11.3 Å². The Hall–Kier alpha value is -2.87. The van der Waals surface area contributed by atoms with Crippen molar-refractivity contribution in [1.82, 2.24) is 10.2 Å². The van der Waals surface area contributed by atoms with Gasteiger partial charge in [-0.25, -0.2) is 4.79 Å². The van der Waals surface area contributed by atoms with Crippen molar-refractivity contribution >= 4 is 29.1 Å². The maximum atomic E-state index is 12.1. The fourth-order valence-corrected chi connectivity index (χ4v) is 3.07. The van der Waals surface area contributed by atoms with Gasteiger partial charge in [0.15, 0.2) is 0 Å². The van der Waals surface area contributed by atoms with Gasteiger partial charge >= 0.3 is 5.97 Å². The van der Waals surface area contributed by atoms with Gasteiger partial charge in [-0.15, -0.1) is 11.3 Å². The third-order valence-corrected chi connectivity index (χ3v) is 4.57. The summed E-state index contributed by atoms with van der Waals surface area (Å²) in [6.45, 7) is 0.314. The number of carboxylic acids is 1. The van der Waals surface area contributed by atoms with E-state index in [1.165, 1.54) is 35.5 Å². The average molecular weight is 376 g/mol. The second kappa shape index (κ2) is 9.00. The van der Waals surface area contributed by atoms with Crippen molar-refractivity contribution in [3.05, 3.63) is 51.7 Å². The molecule has 2 amide bonds. The monoisotopic (exact) mass is 376 g/mol. The molecule has 1 aromatic heterocycles. The van der Waals surface area contributed by atoms with E-state index in [1.807, 2.05) is 5.38 Å². The highest BCUT2D eigenvalue weighted by Gasteiger charge is 2.15. The first kappa shape index (κ1) is 19.5. The Kier molecular flexibility index (Phi) is 6.74. The largest absolute Gasteiger partial charge is 0.496 e. The van der Waals surface area contributed by atoms with E-state index in [9.17, 15) is 14.4 Å². The third-order valence-electron chi connectivity index (χ3n) is 3.71. The normalized spacial score (nSPS) is 10.2. The van der Waals surface area contributed by atoms with E-state index in [1.54, 1.807) is 25.2 Å². The number of ether oxygens (including phenoxy) is 1. The van der Waals surface area contributed by atoms with E-state index < -0.39 is 5.97 Å². The number of aromatic carboxylic acids is 1. The van der Waals surface area contributed by atoms with Crippen molar-refractivity contribution < 1.29 is 24.2 Å². The number of nitrogens with one attached hydrogen (secondary N) is 1. The van der Waals surface area contributed by atoms with Crippen LogP contribution in [0, 0.1) is 0 Å². The first-order valence-electron chi connectivity index (χ1n) is 7.88. The van der Waals surface area contributed by atoms with Gasteiger partial charge in [0.1, 0.15) is 5.75 Å². The molecule has 0 aliphatic rings. The number of carbonyl (C=O) groups excluding carboxylic acids is 2. The molecule has 1 aromatic carbocycles. The van der Waals surface area contributed by atoms with Gasteiger partial charge in [-0.05, 0) is 35.6 Å². The lowest BCUT2D eigenvalue weighted by molar-refractivity contribution is -0.121. The molecule has 26 heavy (non-hydrogen) atoms. The molecule has 0 aliphatic heterocycles. The van der Waals surface area contributed by atoms with Crippen molar-refractivity contribution in [2.45, 2.75) is 6.42 Å². The fourth-order valence-electron chi connectivity index (χ4n) is 2.35. The summed E-state index contributed by atoms with van der Waals surface area (Å²) in [6.07, 6.45) is 0.484. The summed E-state index contributed by atoms with van der Waals surface area (Å²) >= 11 is 1.33. The number of thiophene rings is 1. The van der Waals surface area contributed by atoms with Crippen LogP contribution in [0.1, 0.15) is 25.6 Å². The number of likely N-dealkylation sites (N-methyl/N-ethyl adjacent to an activating group) is 1. The van der Waals surface area contributed by atoms with Crippen molar-refractivity contribution in [1.29, 1.82) is 0 Å². The highest BCUT2D eigenvalue weighted by Crippen LogP contribution is 2.20. The van der Waals surface area contributed by atoms with Gasteiger partial charge in [0.05, 0.1) is 24.1 Å². The number of methoxy groups -OCH3 is 1. The van der Waals surface area contributed by atoms with E-state index in [2.05, 4.69) is 5.32 Å². The summed E-state index contributed by atoms with van der Waals surface area (Å²) in [6, 6.07) is 8.12. The summed E-state index contributed by atoms with van der Waals surface area (Å²) < 4.78 is 5.20. The van der Waals surface area contributed by atoms with Gasteiger partial charge < -0.3 is 20.1 Å². The summed E-state index contributed by atoms with van der Waals surface area (Å²) in [5.41, 5.74) is 0.934. The van der Waals surface area contributed by atoms with Crippen LogP contribution in [0.25, 0.3) is 0 Å². The first-order chi connectivity index (χ1) is 12.4. The number of nitrogens with zero attached hydrogens (tertiary/aromatic N) is 1. The van der Waals surface area contributed by atoms with Gasteiger partial charge in [-0.3, -0.25) is 9.59 Å². The number of hydrogen-bond acceptors (Lipinski definition) is 5. The molecule has 8 heteroatoms. The number of benzene rings is 1. The smallest absolute Gasteiger partial charge is 0.335 e. The van der Waals surface area contributed by atoms with Crippen molar-refractivity contribution in [3.63, 3.8) is 0 Å². The number of hydrogen-bond donors (Lipinski definition) is 2. The molecule has 0 atom stereocenters. The molecule has 2 N–H and O–H groups in total. The van der Waals surface area contributed by atoms with Gasteiger partial charge in [-0.2, -0.15) is 0 Å². The summed E-state index contributed by atoms with van der Waals surface area (Å²) in [7, 11) is 3.05. The highest BCUT2D eigenvalue weighted by atomic mass is 32.1. The Bertz CT molecular complexity index is 789. The van der Waals surface area contributed by atoms with Crippen LogP contribution in [-0.4, -0.2) is 55.0 Å². The second-order valence-corrected chi connectivity index (χ2v) is 6.52. The van der Waals surface area contributed by atoms with Crippen LogP contribution in [0.15, 0.2) is 35.7 Å². The zero-order valence-electron chi connectivity index (χ0n) is 14.5. The van der Waals surface area contributed by atoms with Crippen LogP contribution < -0.4 is 10.1 Å². The van der Waals surface area contributed by atoms with E-state index in [-0.39, 0.29) is 23.9 Å². The molecule has 7 nitrogen and oxygen atoms in total. The van der Waals surface area contributed by atoms with E-state index in [4.69, 9.17) is 9.84 Å². The Labute approximate surface area is 155 Å². The number of rotatable bonds is 8. The lowest BCUT2D eigenvalue weighted by Crippen LogP contribution is -2.38. The number of carbonyl (C=O) groups is 3. The van der Waals surface area contributed by atoms with Crippen LogP contribution in [-0.2, 0) is 11.2 Å². The summed E-state index contributed by atoms with van der Waals surface area (Å²) in [5.74, 6) is -1.02. The molecule has 1 heterocycles. The third kappa shape index (κ3) is 5.06. The molecule has 0 saturated heterocycles. The molecule has 0 radical (unpaired) electrons. The minimum absolute atomic E-state index is 0.0359. The topological polar surface area (TPSA) is 95.9 Å². The lowest BCUT2D eigenvalue weighted by atomic mass is 10.1. The SMILES string of the molecule is COc1cc(C(=O)O)ccc1CCNC(=O)CN(C)C(=O)c1cccs1. The Balaban J connectivity index is 1.84. The molecule has 0 unspecified atom stereocenters. The molecule has 2 aromatic rings. The lowest BCUT2D eigenvalue weighted by Gasteiger charge is -2.16. The maximum absolute atomic E-state index is 12.1. The van der Waals surface area contributed by atoms with Crippen LogP contribution in [0.4, 0.5) is 0 Å². The van der Waals surface area contributed by atoms with Crippen molar-refractivity contribution in [2.24, 2.45) is 0 Å². The van der Waals surface area contributed by atoms with E-state index >= 15 is 0 Å². The minimum Gasteiger partial charge on any atom is -0.496 e. The Morgan fingerprint density at radius 1 is 1.27 bits per heavy atom. The fraction of sp³-hybridized carbons (Fsp3) is 0.278. The van der Waals surface area contributed by atoms with Crippen LogP contribution in [0.2, 0.25) is 0 Å². The minimum atomic E-state index is -1.03. The van der Waals surface area contributed by atoms with Gasteiger partial charge in [0, 0.05) is 13.6 Å². The van der Waals surface area contributed by atoms with Gasteiger partial charge in [-0.1, -0.05) is 12.1 Å². The summed E-state index contributed by atoms with van der Waals surface area (Å²) in [4.78, 5) is 37.0. The quantitative estimate of drug-likeness (QED) is 0.733. The molecular formula is C18H20N2O5S. The first-order valence-corrected chi connectivity index (χ1v) is 8.76. The van der Waals surface area contributed by atoms with Gasteiger partial charge in [0.25, 0.3) is 5.91 Å². The second-order valence-electron chi connectivity index (χ2n) is 5.57. The molecule has 0 saturated carbocycles. The predicted molar refractivity (Wildman–Crippen MR) is 97.9 cm³/mol. The molecule has 138 valence electrons. The molecule has 0 fully saturated rings. The zero-order chi connectivity index (χ0) is 19.1. The highest BCUT2D eigenvalue weighted by molar-refractivity contribution is 7.12. The molecular weight excluding hydrogens is 356 g/mol. The van der Waals surface area contributed by atoms with Crippen molar-refractivity contribution in [3.8, 4) is 5.75 Å². The van der Waals surface area contributed by atoms with Crippen LogP contribution in [0.3, 0.4) is 0 Å². The zero-order valence-corrected chi connectivity index (χ0v) is 15.3. The van der Waals surface area contributed by atoms with E-state index in [0.29, 0.717) is 23.6 Å². The molecule has 0 spiro atoms. The maximum Gasteiger partial charge on any atom is 0.335 e. The molecule has 2 rings (SSSR count). The average Bonchev–Trinajstić information content (AvgIpc) is 3.15.